The second-order valence-corrected chi connectivity index (χ2v) is 7.13. The highest BCUT2D eigenvalue weighted by Gasteiger charge is 2.23. The number of amides is 2. The van der Waals surface area contributed by atoms with E-state index in [4.69, 9.17) is 15.2 Å². The summed E-state index contributed by atoms with van der Waals surface area (Å²) in [6, 6.07) is 8.02. The Kier molecular flexibility index (Phi) is 9.43. The van der Waals surface area contributed by atoms with Crippen LogP contribution in [0.2, 0.25) is 0 Å². The highest BCUT2D eigenvalue weighted by Crippen LogP contribution is 2.08. The van der Waals surface area contributed by atoms with Gasteiger partial charge in [-0.05, 0) is 39.2 Å². The fourth-order valence-electron chi connectivity index (χ4n) is 2.11. The molecular weight excluding hydrogens is 380 g/mol. The van der Waals surface area contributed by atoms with Crippen molar-refractivity contribution in [3.63, 3.8) is 0 Å². The molecule has 10 heteroatoms. The van der Waals surface area contributed by atoms with Crippen molar-refractivity contribution >= 4 is 24.1 Å². The van der Waals surface area contributed by atoms with E-state index in [0.717, 1.165) is 5.56 Å². The summed E-state index contributed by atoms with van der Waals surface area (Å²) >= 11 is 0. The monoisotopic (exact) mass is 408 g/mol. The molecule has 1 unspecified atom stereocenters. The Bertz CT molecular complexity index is 715. The van der Waals surface area contributed by atoms with E-state index in [9.17, 15) is 19.5 Å². The van der Waals surface area contributed by atoms with Gasteiger partial charge in [-0.2, -0.15) is 0 Å². The average molecular weight is 408 g/mol. The third-order valence-electron chi connectivity index (χ3n) is 3.37. The minimum Gasteiger partial charge on any atom is -0.480 e. The quantitative estimate of drug-likeness (QED) is 0.291. The zero-order valence-corrected chi connectivity index (χ0v) is 16.8. The summed E-state index contributed by atoms with van der Waals surface area (Å²) in [6.07, 6.45) is -1.13. The van der Waals surface area contributed by atoms with Crippen molar-refractivity contribution < 1.29 is 29.0 Å². The van der Waals surface area contributed by atoms with Crippen LogP contribution < -0.4 is 16.4 Å². The molecule has 2 amide bonds. The van der Waals surface area contributed by atoms with Crippen molar-refractivity contribution in [1.82, 2.24) is 10.6 Å². The van der Waals surface area contributed by atoms with E-state index < -0.39 is 29.8 Å². The number of rotatable bonds is 8. The molecule has 1 aromatic rings. The third kappa shape index (κ3) is 11.2. The number of guanidine groups is 1. The summed E-state index contributed by atoms with van der Waals surface area (Å²) in [6.45, 7) is 5.29. The van der Waals surface area contributed by atoms with Gasteiger partial charge in [-0.25, -0.2) is 14.4 Å². The Morgan fingerprint density at radius 1 is 1.17 bits per heavy atom. The molecule has 0 aliphatic rings. The molecule has 0 radical (unpaired) electrons. The Morgan fingerprint density at radius 2 is 1.83 bits per heavy atom. The first-order chi connectivity index (χ1) is 13.6. The molecule has 29 heavy (non-hydrogen) atoms. The molecule has 0 saturated carbocycles. The summed E-state index contributed by atoms with van der Waals surface area (Å²) in [7, 11) is 0. The Balaban J connectivity index is 2.34. The van der Waals surface area contributed by atoms with Crippen LogP contribution in [0.5, 0.6) is 0 Å². The predicted octanol–water partition coefficient (Wildman–Crippen LogP) is 1.99. The van der Waals surface area contributed by atoms with Gasteiger partial charge in [0.1, 0.15) is 18.2 Å². The summed E-state index contributed by atoms with van der Waals surface area (Å²) in [5.41, 5.74) is 5.70. The first-order valence-corrected chi connectivity index (χ1v) is 9.07. The number of benzene rings is 1. The molecule has 0 aliphatic carbocycles. The normalized spacial score (nSPS) is 12.6. The van der Waals surface area contributed by atoms with Gasteiger partial charge >= 0.3 is 18.2 Å². The van der Waals surface area contributed by atoms with Crippen molar-refractivity contribution in [2.75, 3.05) is 6.54 Å². The number of ether oxygens (including phenoxy) is 2. The molecule has 0 saturated heterocycles. The Morgan fingerprint density at radius 3 is 2.41 bits per heavy atom. The molecular formula is C19H28N4O6. The summed E-state index contributed by atoms with van der Waals surface area (Å²) < 4.78 is 10.0. The van der Waals surface area contributed by atoms with Crippen LogP contribution in [0.1, 0.15) is 39.2 Å². The number of nitrogens with two attached hydrogens (primary N) is 1. The van der Waals surface area contributed by atoms with Crippen molar-refractivity contribution in [1.29, 1.82) is 0 Å². The first-order valence-electron chi connectivity index (χ1n) is 9.07. The molecule has 160 valence electrons. The fraction of sp³-hybridized carbons (Fsp3) is 0.474. The summed E-state index contributed by atoms with van der Waals surface area (Å²) in [5, 5.41) is 13.8. The first kappa shape index (κ1) is 23.7. The number of nitrogens with one attached hydrogen (secondary N) is 2. The van der Waals surface area contributed by atoms with Crippen molar-refractivity contribution in [3.8, 4) is 0 Å². The lowest BCUT2D eigenvalue weighted by Gasteiger charge is -2.21. The van der Waals surface area contributed by atoms with Crippen LogP contribution >= 0.6 is 0 Å². The minimum atomic E-state index is -1.18. The summed E-state index contributed by atoms with van der Waals surface area (Å²) in [5.74, 6) is -1.33. The fourth-order valence-corrected chi connectivity index (χ4v) is 2.11. The molecule has 1 atom stereocenters. The molecule has 0 spiro atoms. The summed E-state index contributed by atoms with van der Waals surface area (Å²) in [4.78, 5) is 38.5. The molecule has 1 rings (SSSR count). The maximum atomic E-state index is 11.7. The molecule has 0 fully saturated rings. The van der Waals surface area contributed by atoms with Gasteiger partial charge in [-0.3, -0.25) is 10.3 Å². The number of alkyl carbamates (subject to hydrolysis) is 2. The highest BCUT2D eigenvalue weighted by atomic mass is 16.6. The standard InChI is InChI=1S/C19H28N4O6/c1-19(2,3)29-18(27)22-14(15(24)25)10-7-11-21-16(20)23-17(26)28-12-13-8-5-4-6-9-13/h4-6,8-9,14H,7,10-12H2,1-3H3,(H,22,27)(H,24,25)(H3,20,21,23,26). The largest absolute Gasteiger partial charge is 0.480 e. The van der Waals surface area contributed by atoms with Crippen molar-refractivity contribution in [2.45, 2.75) is 51.9 Å². The third-order valence-corrected chi connectivity index (χ3v) is 3.37. The SMILES string of the molecule is CC(C)(C)OC(=O)NC(CCCN=C(N)NC(=O)OCc1ccccc1)C(=O)O. The van der Waals surface area contributed by atoms with Crippen molar-refractivity contribution in [2.24, 2.45) is 10.7 Å². The second-order valence-electron chi connectivity index (χ2n) is 7.13. The van der Waals surface area contributed by atoms with Gasteiger partial charge in [0.05, 0.1) is 0 Å². The zero-order chi connectivity index (χ0) is 21.9. The van der Waals surface area contributed by atoms with Crippen LogP contribution in [0, 0.1) is 0 Å². The van der Waals surface area contributed by atoms with Crippen LogP contribution in [0.3, 0.4) is 0 Å². The van der Waals surface area contributed by atoms with E-state index in [1.54, 1.807) is 20.8 Å². The van der Waals surface area contributed by atoms with E-state index in [1.807, 2.05) is 30.3 Å². The maximum absolute atomic E-state index is 11.7. The van der Waals surface area contributed by atoms with Gasteiger partial charge in [0, 0.05) is 6.54 Å². The number of carbonyl (C=O) groups excluding carboxylic acids is 2. The zero-order valence-electron chi connectivity index (χ0n) is 16.8. The van der Waals surface area contributed by atoms with E-state index in [1.165, 1.54) is 0 Å². The van der Waals surface area contributed by atoms with E-state index >= 15 is 0 Å². The van der Waals surface area contributed by atoms with Crippen LogP contribution in [0.15, 0.2) is 35.3 Å². The number of carboxylic acids is 1. The smallest absolute Gasteiger partial charge is 0.414 e. The highest BCUT2D eigenvalue weighted by molar-refractivity contribution is 5.92. The van der Waals surface area contributed by atoms with Gasteiger partial charge in [-0.1, -0.05) is 30.3 Å². The molecule has 0 bridgehead atoms. The lowest BCUT2D eigenvalue weighted by molar-refractivity contribution is -0.139. The molecule has 0 aliphatic heterocycles. The van der Waals surface area contributed by atoms with E-state index in [-0.39, 0.29) is 25.5 Å². The number of hydrogen-bond donors (Lipinski definition) is 4. The van der Waals surface area contributed by atoms with E-state index in [2.05, 4.69) is 15.6 Å². The van der Waals surface area contributed by atoms with Gasteiger partial charge in [0.15, 0.2) is 5.96 Å². The number of carboxylic acid groups (broad SMARTS) is 1. The van der Waals surface area contributed by atoms with Gasteiger partial charge in [0.25, 0.3) is 0 Å². The number of carbonyl (C=O) groups is 3. The number of aliphatic imine (C=N–C) groups is 1. The number of aliphatic carboxylic acids is 1. The van der Waals surface area contributed by atoms with Gasteiger partial charge < -0.3 is 25.6 Å². The molecule has 1 aromatic carbocycles. The Labute approximate surface area is 169 Å². The number of nitrogens with zero attached hydrogens (tertiary/aromatic N) is 1. The minimum absolute atomic E-state index is 0.0938. The van der Waals surface area contributed by atoms with Crippen molar-refractivity contribution in [3.05, 3.63) is 35.9 Å². The van der Waals surface area contributed by atoms with Gasteiger partial charge in [0.2, 0.25) is 0 Å². The lowest BCUT2D eigenvalue weighted by Crippen LogP contribution is -2.43. The van der Waals surface area contributed by atoms with Gasteiger partial charge in [-0.15, -0.1) is 0 Å². The average Bonchev–Trinajstić information content (AvgIpc) is 2.61. The lowest BCUT2D eigenvalue weighted by atomic mass is 10.1. The van der Waals surface area contributed by atoms with E-state index in [0.29, 0.717) is 6.42 Å². The molecule has 0 heterocycles. The molecule has 0 aromatic heterocycles. The topological polar surface area (TPSA) is 152 Å². The van der Waals surface area contributed by atoms with Crippen LogP contribution in [-0.2, 0) is 20.9 Å². The van der Waals surface area contributed by atoms with Crippen LogP contribution in [-0.4, -0.2) is 47.4 Å². The number of hydrogen-bond acceptors (Lipinski definition) is 6. The van der Waals surface area contributed by atoms with Crippen LogP contribution in [0.25, 0.3) is 0 Å². The Hall–Kier alpha value is -3.30. The second kappa shape index (κ2) is 11.5. The maximum Gasteiger partial charge on any atom is 0.414 e. The molecule has 10 nitrogen and oxygen atoms in total. The molecule has 5 N–H and O–H groups in total. The van der Waals surface area contributed by atoms with Crippen LogP contribution in [0.4, 0.5) is 9.59 Å². The predicted molar refractivity (Wildman–Crippen MR) is 106 cm³/mol.